The zero-order chi connectivity index (χ0) is 31.9. The number of halogens is 5. The van der Waals surface area contributed by atoms with Gasteiger partial charge in [-0.3, -0.25) is 9.78 Å². The van der Waals surface area contributed by atoms with E-state index in [4.69, 9.17) is 42.1 Å². The molecule has 240 valence electrons. The molecule has 2 aliphatic rings. The van der Waals surface area contributed by atoms with Crippen LogP contribution in [0.1, 0.15) is 58.8 Å². The zero-order valence-corrected chi connectivity index (χ0v) is 27.1. The minimum Gasteiger partial charge on any atom is -0.493 e. The Morgan fingerprint density at radius 1 is 0.911 bits per heavy atom. The SMILES string of the molecule is O=C(CBr)OCc1cc(C(=O)O[C@@H](Cc2c(Cl)cncc2Cl)c2ccc(OC(F)F)c(OCC3CC3)c2)ccc1OCC1CC1. The van der Waals surface area contributed by atoms with Gasteiger partial charge >= 0.3 is 18.6 Å². The monoisotopic (exact) mass is 727 g/mol. The van der Waals surface area contributed by atoms with Gasteiger partial charge in [0.05, 0.1) is 28.8 Å². The summed E-state index contributed by atoms with van der Waals surface area (Å²) in [6.45, 7) is -2.30. The van der Waals surface area contributed by atoms with Crippen LogP contribution in [0, 0.1) is 11.8 Å². The summed E-state index contributed by atoms with van der Waals surface area (Å²) in [6, 6.07) is 9.14. The molecular weight excluding hydrogens is 699 g/mol. The van der Waals surface area contributed by atoms with Crippen molar-refractivity contribution in [3.05, 3.63) is 81.1 Å². The summed E-state index contributed by atoms with van der Waals surface area (Å²) in [4.78, 5) is 29.4. The van der Waals surface area contributed by atoms with Crippen molar-refractivity contribution in [1.29, 1.82) is 0 Å². The van der Waals surface area contributed by atoms with Crippen molar-refractivity contribution in [2.45, 2.75) is 51.4 Å². The van der Waals surface area contributed by atoms with Gasteiger partial charge in [-0.05, 0) is 79.0 Å². The topological polar surface area (TPSA) is 93.2 Å². The Balaban J connectivity index is 1.44. The van der Waals surface area contributed by atoms with Crippen LogP contribution in [0.4, 0.5) is 8.78 Å². The number of benzene rings is 2. The highest BCUT2D eigenvalue weighted by atomic mass is 79.9. The number of ether oxygens (including phenoxy) is 5. The molecule has 13 heteroatoms. The van der Waals surface area contributed by atoms with E-state index in [2.05, 4.69) is 25.7 Å². The maximum Gasteiger partial charge on any atom is 0.387 e. The first kappa shape index (κ1) is 33.2. The van der Waals surface area contributed by atoms with Crippen LogP contribution < -0.4 is 14.2 Å². The second-order valence-electron chi connectivity index (χ2n) is 10.9. The number of hydrogen-bond donors (Lipinski definition) is 0. The molecular formula is C32H30BrCl2F2NO7. The molecule has 3 aromatic rings. The molecule has 0 N–H and O–H groups in total. The number of pyridine rings is 1. The molecule has 2 aromatic carbocycles. The summed E-state index contributed by atoms with van der Waals surface area (Å²) in [5, 5.41) is 0.543. The predicted molar refractivity (Wildman–Crippen MR) is 166 cm³/mol. The quantitative estimate of drug-likeness (QED) is 0.108. The van der Waals surface area contributed by atoms with E-state index in [0.29, 0.717) is 47.5 Å². The third kappa shape index (κ3) is 9.67. The van der Waals surface area contributed by atoms with Gasteiger partial charge in [-0.2, -0.15) is 8.78 Å². The van der Waals surface area contributed by atoms with Crippen LogP contribution in [0.2, 0.25) is 10.0 Å². The van der Waals surface area contributed by atoms with Crippen molar-refractivity contribution < 1.29 is 42.1 Å². The Labute approximate surface area is 277 Å². The Morgan fingerprint density at radius 2 is 1.56 bits per heavy atom. The van der Waals surface area contributed by atoms with E-state index in [0.717, 1.165) is 25.7 Å². The molecule has 1 aromatic heterocycles. The molecule has 2 saturated carbocycles. The summed E-state index contributed by atoms with van der Waals surface area (Å²) in [7, 11) is 0. The summed E-state index contributed by atoms with van der Waals surface area (Å²) >= 11 is 15.9. The second kappa shape index (κ2) is 15.4. The van der Waals surface area contributed by atoms with E-state index in [-0.39, 0.29) is 45.5 Å². The average Bonchev–Trinajstić information content (AvgIpc) is 3.95. The maximum absolute atomic E-state index is 13.6. The highest BCUT2D eigenvalue weighted by Gasteiger charge is 2.27. The molecule has 2 fully saturated rings. The number of carbonyl (C=O) groups excluding carboxylic acids is 2. The minimum absolute atomic E-state index is 0.0162. The Kier molecular flexibility index (Phi) is 11.4. The van der Waals surface area contributed by atoms with Gasteiger partial charge in [-0.15, -0.1) is 0 Å². The first-order chi connectivity index (χ1) is 21.7. The molecule has 8 nitrogen and oxygen atoms in total. The lowest BCUT2D eigenvalue weighted by Gasteiger charge is -2.22. The molecule has 0 saturated heterocycles. The van der Waals surface area contributed by atoms with Gasteiger partial charge < -0.3 is 23.7 Å². The van der Waals surface area contributed by atoms with E-state index >= 15 is 0 Å². The summed E-state index contributed by atoms with van der Waals surface area (Å²) in [5.74, 6) is 0.119. The van der Waals surface area contributed by atoms with Gasteiger partial charge in [-0.1, -0.05) is 45.2 Å². The molecule has 0 amide bonds. The fourth-order valence-corrected chi connectivity index (χ4v) is 5.10. The van der Waals surface area contributed by atoms with Crippen molar-refractivity contribution in [2.75, 3.05) is 18.5 Å². The lowest BCUT2D eigenvalue weighted by molar-refractivity contribution is -0.141. The molecule has 1 heterocycles. The highest BCUT2D eigenvalue weighted by Crippen LogP contribution is 2.38. The largest absolute Gasteiger partial charge is 0.493 e. The number of carbonyl (C=O) groups is 2. The van der Waals surface area contributed by atoms with Crippen LogP contribution in [0.15, 0.2) is 48.8 Å². The van der Waals surface area contributed by atoms with Crippen LogP contribution in [0.25, 0.3) is 0 Å². The molecule has 1 atom stereocenters. The van der Waals surface area contributed by atoms with Crippen molar-refractivity contribution in [3.8, 4) is 17.2 Å². The third-order valence-corrected chi connectivity index (χ3v) is 8.39. The van der Waals surface area contributed by atoms with Crippen molar-refractivity contribution in [1.82, 2.24) is 4.98 Å². The number of nitrogens with zero attached hydrogens (tertiary/aromatic N) is 1. The van der Waals surface area contributed by atoms with Crippen molar-refractivity contribution in [3.63, 3.8) is 0 Å². The second-order valence-corrected chi connectivity index (χ2v) is 12.3. The summed E-state index contributed by atoms with van der Waals surface area (Å²) in [6.07, 6.45) is 6.08. The van der Waals surface area contributed by atoms with E-state index in [1.165, 1.54) is 30.6 Å². The van der Waals surface area contributed by atoms with E-state index in [1.54, 1.807) is 18.2 Å². The van der Waals surface area contributed by atoms with Gasteiger partial charge in [0.15, 0.2) is 11.5 Å². The van der Waals surface area contributed by atoms with Crippen molar-refractivity contribution >= 4 is 51.1 Å². The number of esters is 2. The molecule has 0 unspecified atom stereocenters. The lowest BCUT2D eigenvalue weighted by atomic mass is 10.0. The fourth-order valence-electron chi connectivity index (χ4n) is 4.42. The normalized spacial score (nSPS) is 15.0. The average molecular weight is 729 g/mol. The first-order valence-electron chi connectivity index (χ1n) is 14.4. The Morgan fingerprint density at radius 3 is 2.18 bits per heavy atom. The zero-order valence-electron chi connectivity index (χ0n) is 24.0. The molecule has 0 aliphatic heterocycles. The third-order valence-electron chi connectivity index (χ3n) is 7.28. The Bertz CT molecular complexity index is 1500. The van der Waals surface area contributed by atoms with Crippen LogP contribution in [0.5, 0.6) is 17.2 Å². The number of rotatable bonds is 16. The molecule has 0 spiro atoms. The first-order valence-corrected chi connectivity index (χ1v) is 16.3. The standard InChI is InChI=1S/C32H30BrCl2F2NO7/c33-12-30(39)43-17-22-9-21(6-7-26(22)41-15-18-1-2-18)31(40)44-28(11-23-24(34)13-38-14-25(23)35)20-5-8-27(45-32(36)37)29(10-20)42-16-19-3-4-19/h5-10,13-14,18-19,28,32H,1-4,11-12,15-17H2/t28-/m0/s1. The van der Waals surface area contributed by atoms with Gasteiger partial charge in [-0.25, -0.2) is 4.79 Å². The number of aromatic nitrogens is 1. The smallest absolute Gasteiger partial charge is 0.387 e. The van der Waals surface area contributed by atoms with Crippen LogP contribution in [-0.4, -0.2) is 42.1 Å². The van der Waals surface area contributed by atoms with Gasteiger partial charge in [0.1, 0.15) is 23.8 Å². The fraction of sp³-hybridized carbons (Fsp3) is 0.406. The van der Waals surface area contributed by atoms with Gasteiger partial charge in [0.2, 0.25) is 0 Å². The molecule has 2 aliphatic carbocycles. The van der Waals surface area contributed by atoms with Gasteiger partial charge in [0, 0.05) is 24.4 Å². The number of alkyl halides is 3. The molecule has 45 heavy (non-hydrogen) atoms. The minimum atomic E-state index is -3.05. The molecule has 0 bridgehead atoms. The van der Waals surface area contributed by atoms with Crippen LogP contribution in [-0.2, 0) is 27.3 Å². The summed E-state index contributed by atoms with van der Waals surface area (Å²) in [5.41, 5.74) is 1.60. The summed E-state index contributed by atoms with van der Waals surface area (Å²) < 4.78 is 54.1. The van der Waals surface area contributed by atoms with Crippen LogP contribution in [0.3, 0.4) is 0 Å². The molecule has 5 rings (SSSR count). The van der Waals surface area contributed by atoms with E-state index in [9.17, 15) is 18.4 Å². The van der Waals surface area contributed by atoms with Crippen molar-refractivity contribution in [2.24, 2.45) is 11.8 Å². The van der Waals surface area contributed by atoms with Gasteiger partial charge in [0.25, 0.3) is 0 Å². The predicted octanol–water partition coefficient (Wildman–Crippen LogP) is 8.15. The highest BCUT2D eigenvalue weighted by molar-refractivity contribution is 9.09. The lowest BCUT2D eigenvalue weighted by Crippen LogP contribution is -2.16. The molecule has 0 radical (unpaired) electrons. The Hall–Kier alpha value is -3.15. The maximum atomic E-state index is 13.6. The van der Waals surface area contributed by atoms with E-state index < -0.39 is 24.7 Å². The van der Waals surface area contributed by atoms with Crippen LogP contribution >= 0.6 is 39.1 Å². The van der Waals surface area contributed by atoms with E-state index in [1.807, 2.05) is 0 Å². The number of hydrogen-bond acceptors (Lipinski definition) is 8.